The monoisotopic (exact) mass is 222 g/mol. The first-order valence-corrected chi connectivity index (χ1v) is 4.69. The van der Waals surface area contributed by atoms with Crippen molar-refractivity contribution in [3.8, 4) is 5.75 Å². The lowest BCUT2D eigenvalue weighted by atomic mass is 10.2. The number of hydrogen-bond donors (Lipinski definition) is 1. The van der Waals surface area contributed by atoms with Crippen molar-refractivity contribution < 1.29 is 14.3 Å². The number of hydrogen-bond acceptors (Lipinski definition) is 3. The predicted molar refractivity (Wildman–Crippen MR) is 60.3 cm³/mol. The van der Waals surface area contributed by atoms with E-state index in [1.165, 1.54) is 19.1 Å². The van der Waals surface area contributed by atoms with Crippen molar-refractivity contribution in [1.82, 2.24) is 0 Å². The summed E-state index contributed by atoms with van der Waals surface area (Å²) in [5.74, 6) is -1.25. The molecule has 0 aliphatic carbocycles. The minimum atomic E-state index is -0.994. The van der Waals surface area contributed by atoms with Crippen LogP contribution in [-0.4, -0.2) is 26.0 Å². The number of ether oxygens (including phenoxy) is 1. The number of primary amides is 1. The van der Waals surface area contributed by atoms with E-state index in [1.807, 2.05) is 13.0 Å². The number of anilines is 1. The molecule has 0 spiro atoms. The first-order chi connectivity index (χ1) is 7.47. The Bertz CT molecular complexity index is 429. The van der Waals surface area contributed by atoms with Crippen molar-refractivity contribution in [2.24, 2.45) is 5.73 Å². The minimum absolute atomic E-state index is 0.516. The normalized spacial score (nSPS) is 9.69. The van der Waals surface area contributed by atoms with Crippen LogP contribution in [0.2, 0.25) is 0 Å². The molecule has 0 atom stereocenters. The van der Waals surface area contributed by atoms with E-state index in [9.17, 15) is 9.59 Å². The summed E-state index contributed by atoms with van der Waals surface area (Å²) in [5, 5.41) is 0. The van der Waals surface area contributed by atoms with Crippen LogP contribution in [0.3, 0.4) is 0 Å². The van der Waals surface area contributed by atoms with E-state index in [0.717, 1.165) is 5.56 Å². The van der Waals surface area contributed by atoms with Gasteiger partial charge in [0.25, 0.3) is 0 Å². The van der Waals surface area contributed by atoms with Crippen LogP contribution in [0.25, 0.3) is 0 Å². The number of carbonyl (C=O) groups excluding carboxylic acids is 2. The molecule has 0 aliphatic heterocycles. The number of benzene rings is 1. The van der Waals surface area contributed by atoms with Gasteiger partial charge in [0.2, 0.25) is 0 Å². The summed E-state index contributed by atoms with van der Waals surface area (Å²) in [6, 6.07) is 5.33. The van der Waals surface area contributed by atoms with Crippen LogP contribution in [0, 0.1) is 6.92 Å². The number of carbonyl (C=O) groups is 2. The second kappa shape index (κ2) is 4.65. The number of methoxy groups -OCH3 is 1. The molecule has 1 aromatic rings. The molecule has 0 unspecified atom stereocenters. The van der Waals surface area contributed by atoms with Gasteiger partial charge in [-0.05, 0) is 24.6 Å². The number of nitrogens with zero attached hydrogens (tertiary/aromatic N) is 1. The van der Waals surface area contributed by atoms with Gasteiger partial charge in [-0.25, -0.2) is 0 Å². The second-order valence-corrected chi connectivity index (χ2v) is 3.40. The molecule has 0 bridgehead atoms. The highest BCUT2D eigenvalue weighted by Gasteiger charge is 2.19. The molecule has 1 aromatic carbocycles. The highest BCUT2D eigenvalue weighted by atomic mass is 16.5. The van der Waals surface area contributed by atoms with Gasteiger partial charge in [-0.1, -0.05) is 6.07 Å². The summed E-state index contributed by atoms with van der Waals surface area (Å²) in [4.78, 5) is 23.4. The van der Waals surface area contributed by atoms with Gasteiger partial charge in [0, 0.05) is 7.05 Å². The molecular weight excluding hydrogens is 208 g/mol. The second-order valence-electron chi connectivity index (χ2n) is 3.40. The van der Waals surface area contributed by atoms with Gasteiger partial charge in [-0.3, -0.25) is 9.59 Å². The molecule has 86 valence electrons. The zero-order chi connectivity index (χ0) is 12.3. The lowest BCUT2D eigenvalue weighted by Crippen LogP contribution is -2.37. The fourth-order valence-electron chi connectivity index (χ4n) is 1.34. The molecule has 2 amide bonds. The largest absolute Gasteiger partial charge is 0.495 e. The Morgan fingerprint density at radius 3 is 2.50 bits per heavy atom. The molecule has 0 radical (unpaired) electrons. The zero-order valence-corrected chi connectivity index (χ0v) is 9.48. The molecule has 2 N–H and O–H groups in total. The summed E-state index contributed by atoms with van der Waals surface area (Å²) in [6.45, 7) is 1.88. The van der Waals surface area contributed by atoms with Crippen LogP contribution in [0.4, 0.5) is 5.69 Å². The number of rotatable bonds is 2. The van der Waals surface area contributed by atoms with E-state index in [-0.39, 0.29) is 0 Å². The van der Waals surface area contributed by atoms with Crippen molar-refractivity contribution in [3.63, 3.8) is 0 Å². The third kappa shape index (κ3) is 2.31. The fourth-order valence-corrected chi connectivity index (χ4v) is 1.34. The van der Waals surface area contributed by atoms with Crippen molar-refractivity contribution >= 4 is 17.5 Å². The average Bonchev–Trinajstić information content (AvgIpc) is 2.26. The minimum Gasteiger partial charge on any atom is -0.495 e. The Balaban J connectivity index is 3.15. The van der Waals surface area contributed by atoms with Crippen LogP contribution in [0.5, 0.6) is 5.75 Å². The standard InChI is InChI=1S/C11H14N2O3/c1-7-4-5-9(16-3)8(6-7)13(2)11(15)10(12)14/h4-6H,1-3H3,(H2,12,14). The molecule has 0 fully saturated rings. The first-order valence-electron chi connectivity index (χ1n) is 4.69. The van der Waals surface area contributed by atoms with Gasteiger partial charge in [0.15, 0.2) is 0 Å². The van der Waals surface area contributed by atoms with E-state index >= 15 is 0 Å². The fraction of sp³-hybridized carbons (Fsp3) is 0.273. The predicted octanol–water partition coefficient (Wildman–Crippen LogP) is 0.452. The van der Waals surface area contributed by atoms with Crippen LogP contribution in [0.15, 0.2) is 18.2 Å². The van der Waals surface area contributed by atoms with Crippen molar-refractivity contribution in [2.75, 3.05) is 19.1 Å². The van der Waals surface area contributed by atoms with Crippen molar-refractivity contribution in [3.05, 3.63) is 23.8 Å². The maximum absolute atomic E-state index is 11.4. The number of amides is 2. The van der Waals surface area contributed by atoms with Crippen LogP contribution in [-0.2, 0) is 9.59 Å². The number of likely N-dealkylation sites (N-methyl/N-ethyl adjacent to an activating group) is 1. The van der Waals surface area contributed by atoms with E-state index < -0.39 is 11.8 Å². The molecule has 16 heavy (non-hydrogen) atoms. The van der Waals surface area contributed by atoms with Gasteiger partial charge in [0.1, 0.15) is 5.75 Å². The van der Waals surface area contributed by atoms with Gasteiger partial charge in [-0.2, -0.15) is 0 Å². The highest BCUT2D eigenvalue weighted by Crippen LogP contribution is 2.28. The van der Waals surface area contributed by atoms with E-state index in [0.29, 0.717) is 11.4 Å². The molecule has 5 heteroatoms. The SMILES string of the molecule is COc1ccc(C)cc1N(C)C(=O)C(N)=O. The zero-order valence-electron chi connectivity index (χ0n) is 9.48. The summed E-state index contributed by atoms with van der Waals surface area (Å²) in [7, 11) is 2.97. The van der Waals surface area contributed by atoms with Gasteiger partial charge >= 0.3 is 11.8 Å². The first kappa shape index (κ1) is 12.0. The Morgan fingerprint density at radius 2 is 2.00 bits per heavy atom. The third-order valence-electron chi connectivity index (χ3n) is 2.21. The smallest absolute Gasteiger partial charge is 0.315 e. The lowest BCUT2D eigenvalue weighted by Gasteiger charge is -2.18. The molecule has 0 aliphatic rings. The average molecular weight is 222 g/mol. The Morgan fingerprint density at radius 1 is 1.38 bits per heavy atom. The summed E-state index contributed by atoms with van der Waals surface area (Å²) in [5.41, 5.74) is 6.41. The number of aryl methyl sites for hydroxylation is 1. The molecule has 5 nitrogen and oxygen atoms in total. The highest BCUT2D eigenvalue weighted by molar-refractivity contribution is 6.39. The van der Waals surface area contributed by atoms with Gasteiger partial charge in [-0.15, -0.1) is 0 Å². The van der Waals surface area contributed by atoms with Gasteiger partial charge < -0.3 is 15.4 Å². The van der Waals surface area contributed by atoms with Gasteiger partial charge in [0.05, 0.1) is 12.8 Å². The van der Waals surface area contributed by atoms with Crippen LogP contribution in [0.1, 0.15) is 5.56 Å². The summed E-state index contributed by atoms with van der Waals surface area (Å²) < 4.78 is 5.11. The molecular formula is C11H14N2O3. The third-order valence-corrected chi connectivity index (χ3v) is 2.21. The summed E-state index contributed by atoms with van der Waals surface area (Å²) >= 11 is 0. The maximum Gasteiger partial charge on any atom is 0.315 e. The van der Waals surface area contributed by atoms with Crippen LogP contribution < -0.4 is 15.4 Å². The number of nitrogens with two attached hydrogens (primary N) is 1. The van der Waals surface area contributed by atoms with E-state index in [2.05, 4.69) is 0 Å². The molecule has 0 heterocycles. The topological polar surface area (TPSA) is 72.6 Å². The molecule has 0 aromatic heterocycles. The van der Waals surface area contributed by atoms with Crippen LogP contribution >= 0.6 is 0 Å². The Kier molecular flexibility index (Phi) is 3.50. The Hall–Kier alpha value is -2.04. The molecule has 0 saturated heterocycles. The Labute approximate surface area is 93.8 Å². The summed E-state index contributed by atoms with van der Waals surface area (Å²) in [6.07, 6.45) is 0. The molecule has 0 saturated carbocycles. The van der Waals surface area contributed by atoms with E-state index in [4.69, 9.17) is 10.5 Å². The quantitative estimate of drug-likeness (QED) is 0.738. The van der Waals surface area contributed by atoms with Crippen molar-refractivity contribution in [2.45, 2.75) is 6.92 Å². The van der Waals surface area contributed by atoms with Crippen molar-refractivity contribution in [1.29, 1.82) is 0 Å². The molecule has 1 rings (SSSR count). The maximum atomic E-state index is 11.4. The van der Waals surface area contributed by atoms with E-state index in [1.54, 1.807) is 12.1 Å². The lowest BCUT2D eigenvalue weighted by molar-refractivity contribution is -0.135.